The Morgan fingerprint density at radius 3 is 2.88 bits per heavy atom. The summed E-state index contributed by atoms with van der Waals surface area (Å²) in [4.78, 5) is 0. The summed E-state index contributed by atoms with van der Waals surface area (Å²) in [6, 6.07) is 0. The first kappa shape index (κ1) is 13.5. The number of allylic oxidation sites excluding steroid dienone is 4. The molecule has 16 heavy (non-hydrogen) atoms. The Bertz CT molecular complexity index is 240. The summed E-state index contributed by atoms with van der Waals surface area (Å²) in [5.41, 5.74) is 1.51. The highest BCUT2D eigenvalue weighted by molar-refractivity contribution is 5.23. The molecular weight excluding hydrogens is 194 g/mol. The molecule has 0 spiro atoms. The molecule has 0 radical (unpaired) electrons. The van der Waals surface area contributed by atoms with E-state index in [-0.39, 0.29) is 0 Å². The van der Waals surface area contributed by atoms with E-state index >= 15 is 0 Å². The van der Waals surface area contributed by atoms with Crippen LogP contribution in [-0.4, -0.2) is 13.6 Å². The first-order valence-corrected chi connectivity index (χ1v) is 6.78. The fraction of sp³-hybridized carbons (Fsp3) is 0.733. The molecular formula is C15H27N. The van der Waals surface area contributed by atoms with E-state index in [1.807, 2.05) is 7.05 Å². The summed E-state index contributed by atoms with van der Waals surface area (Å²) in [5, 5.41) is 3.25. The summed E-state index contributed by atoms with van der Waals surface area (Å²) in [6.45, 7) is 5.72. The van der Waals surface area contributed by atoms with Gasteiger partial charge in [0.2, 0.25) is 0 Å². The Kier molecular flexibility index (Phi) is 6.47. The summed E-state index contributed by atoms with van der Waals surface area (Å²) in [7, 11) is 2.04. The van der Waals surface area contributed by atoms with E-state index in [0.29, 0.717) is 0 Å². The van der Waals surface area contributed by atoms with Gasteiger partial charge in [0.25, 0.3) is 0 Å². The summed E-state index contributed by atoms with van der Waals surface area (Å²) >= 11 is 0. The molecule has 1 heteroatoms. The van der Waals surface area contributed by atoms with Crippen LogP contribution in [0.15, 0.2) is 23.8 Å². The van der Waals surface area contributed by atoms with Crippen LogP contribution >= 0.6 is 0 Å². The molecule has 1 rings (SSSR count). The lowest BCUT2D eigenvalue weighted by Crippen LogP contribution is -2.16. The maximum atomic E-state index is 3.25. The summed E-state index contributed by atoms with van der Waals surface area (Å²) in [6.07, 6.45) is 13.7. The minimum atomic E-state index is 0.803. The number of nitrogens with one attached hydrogen (secondary N) is 1. The third kappa shape index (κ3) is 4.98. The van der Waals surface area contributed by atoms with Crippen molar-refractivity contribution in [2.45, 2.75) is 46.0 Å². The molecule has 2 atom stereocenters. The van der Waals surface area contributed by atoms with Crippen molar-refractivity contribution in [2.75, 3.05) is 13.6 Å². The predicted octanol–water partition coefficient (Wildman–Crippen LogP) is 3.92. The average molecular weight is 221 g/mol. The van der Waals surface area contributed by atoms with E-state index < -0.39 is 0 Å². The minimum absolute atomic E-state index is 0.803. The summed E-state index contributed by atoms with van der Waals surface area (Å²) < 4.78 is 0. The monoisotopic (exact) mass is 221 g/mol. The van der Waals surface area contributed by atoms with Gasteiger partial charge < -0.3 is 5.32 Å². The maximum absolute atomic E-state index is 3.25. The van der Waals surface area contributed by atoms with Gasteiger partial charge in [0.15, 0.2) is 0 Å². The van der Waals surface area contributed by atoms with E-state index in [0.717, 1.165) is 18.4 Å². The number of hydrogen-bond donors (Lipinski definition) is 1. The van der Waals surface area contributed by atoms with Gasteiger partial charge in [0.05, 0.1) is 0 Å². The van der Waals surface area contributed by atoms with Gasteiger partial charge in [0, 0.05) is 0 Å². The van der Waals surface area contributed by atoms with Crippen LogP contribution in [0.4, 0.5) is 0 Å². The topological polar surface area (TPSA) is 12.0 Å². The molecule has 92 valence electrons. The lowest BCUT2D eigenvalue weighted by Gasteiger charge is -2.17. The first-order chi connectivity index (χ1) is 7.76. The van der Waals surface area contributed by atoms with Crippen LogP contribution in [0.2, 0.25) is 0 Å². The van der Waals surface area contributed by atoms with Crippen molar-refractivity contribution < 1.29 is 0 Å². The Morgan fingerprint density at radius 1 is 1.50 bits per heavy atom. The van der Waals surface area contributed by atoms with Gasteiger partial charge in [-0.3, -0.25) is 0 Å². The Morgan fingerprint density at radius 2 is 2.31 bits per heavy atom. The minimum Gasteiger partial charge on any atom is -0.319 e. The van der Waals surface area contributed by atoms with Gasteiger partial charge in [-0.25, -0.2) is 0 Å². The van der Waals surface area contributed by atoms with Crippen molar-refractivity contribution in [2.24, 2.45) is 11.8 Å². The molecule has 1 N–H and O–H groups in total. The van der Waals surface area contributed by atoms with Gasteiger partial charge in [0.1, 0.15) is 0 Å². The third-order valence-corrected chi connectivity index (χ3v) is 3.50. The first-order valence-electron chi connectivity index (χ1n) is 6.78. The predicted molar refractivity (Wildman–Crippen MR) is 72.6 cm³/mol. The van der Waals surface area contributed by atoms with Crippen molar-refractivity contribution in [3.05, 3.63) is 23.8 Å². The van der Waals surface area contributed by atoms with Gasteiger partial charge in [-0.05, 0) is 51.1 Å². The van der Waals surface area contributed by atoms with Crippen LogP contribution in [-0.2, 0) is 0 Å². The molecule has 1 aliphatic carbocycles. The smallest absolute Gasteiger partial charge is 0.00262 e. The van der Waals surface area contributed by atoms with Crippen LogP contribution in [0.3, 0.4) is 0 Å². The highest BCUT2D eigenvalue weighted by atomic mass is 14.8. The second kappa shape index (κ2) is 7.67. The largest absolute Gasteiger partial charge is 0.319 e. The molecule has 0 amide bonds. The molecule has 0 saturated carbocycles. The van der Waals surface area contributed by atoms with E-state index in [1.165, 1.54) is 37.7 Å². The zero-order chi connectivity index (χ0) is 11.8. The molecule has 0 aromatic carbocycles. The Balaban J connectivity index is 2.12. The fourth-order valence-electron chi connectivity index (χ4n) is 2.36. The van der Waals surface area contributed by atoms with Crippen LogP contribution < -0.4 is 5.32 Å². The molecule has 1 nitrogen and oxygen atoms in total. The van der Waals surface area contributed by atoms with Crippen molar-refractivity contribution >= 4 is 0 Å². The standard InChI is InChI=1S/C15H27N/c1-4-14-8-10-15(11-9-14)7-5-6-13(2)12-16-3/h8-10,13,15-16H,4-7,11-12H2,1-3H3. The lowest BCUT2D eigenvalue weighted by atomic mass is 9.90. The van der Waals surface area contributed by atoms with Crippen LogP contribution in [0.25, 0.3) is 0 Å². The molecule has 2 unspecified atom stereocenters. The molecule has 0 aliphatic heterocycles. The van der Waals surface area contributed by atoms with Crippen molar-refractivity contribution in [1.82, 2.24) is 5.32 Å². The molecule has 1 aliphatic rings. The maximum Gasteiger partial charge on any atom is -0.00262 e. The van der Waals surface area contributed by atoms with Gasteiger partial charge in [-0.2, -0.15) is 0 Å². The Labute approximate surface area is 101 Å². The van der Waals surface area contributed by atoms with Crippen molar-refractivity contribution in [3.63, 3.8) is 0 Å². The van der Waals surface area contributed by atoms with E-state index in [2.05, 4.69) is 37.4 Å². The zero-order valence-corrected chi connectivity index (χ0v) is 11.1. The Hall–Kier alpha value is -0.560. The molecule has 0 heterocycles. The quantitative estimate of drug-likeness (QED) is 0.687. The van der Waals surface area contributed by atoms with Gasteiger partial charge >= 0.3 is 0 Å². The highest BCUT2D eigenvalue weighted by Gasteiger charge is 2.08. The molecule has 0 aromatic rings. The second-order valence-corrected chi connectivity index (χ2v) is 5.08. The molecule has 0 aromatic heterocycles. The molecule has 0 bridgehead atoms. The SMILES string of the molecule is CCC1=CCC(CCCC(C)CNC)C=C1. The average Bonchev–Trinajstić information content (AvgIpc) is 2.30. The van der Waals surface area contributed by atoms with Crippen LogP contribution in [0, 0.1) is 11.8 Å². The third-order valence-electron chi connectivity index (χ3n) is 3.50. The van der Waals surface area contributed by atoms with Crippen LogP contribution in [0.5, 0.6) is 0 Å². The normalized spacial score (nSPS) is 21.9. The van der Waals surface area contributed by atoms with Gasteiger partial charge in [-0.1, -0.05) is 44.1 Å². The highest BCUT2D eigenvalue weighted by Crippen LogP contribution is 2.23. The van der Waals surface area contributed by atoms with Crippen LogP contribution in [0.1, 0.15) is 46.0 Å². The number of rotatable bonds is 7. The fourth-order valence-corrected chi connectivity index (χ4v) is 2.36. The van der Waals surface area contributed by atoms with E-state index in [9.17, 15) is 0 Å². The zero-order valence-electron chi connectivity index (χ0n) is 11.1. The van der Waals surface area contributed by atoms with E-state index in [1.54, 1.807) is 0 Å². The molecule has 0 saturated heterocycles. The summed E-state index contributed by atoms with van der Waals surface area (Å²) in [5.74, 6) is 1.62. The van der Waals surface area contributed by atoms with Crippen molar-refractivity contribution in [1.29, 1.82) is 0 Å². The van der Waals surface area contributed by atoms with Crippen molar-refractivity contribution in [3.8, 4) is 0 Å². The van der Waals surface area contributed by atoms with Gasteiger partial charge in [-0.15, -0.1) is 0 Å². The molecule has 0 fully saturated rings. The number of hydrogen-bond acceptors (Lipinski definition) is 1. The second-order valence-electron chi connectivity index (χ2n) is 5.08. The lowest BCUT2D eigenvalue weighted by molar-refractivity contribution is 0.448. The van der Waals surface area contributed by atoms with E-state index in [4.69, 9.17) is 0 Å².